The van der Waals surface area contributed by atoms with Gasteiger partial charge < -0.3 is 9.51 Å². The van der Waals surface area contributed by atoms with Crippen LogP contribution in [-0.4, -0.2) is 44.5 Å². The second-order valence-corrected chi connectivity index (χ2v) is 12.6. The van der Waals surface area contributed by atoms with Crippen LogP contribution in [0, 0.1) is 5.41 Å². The van der Waals surface area contributed by atoms with Gasteiger partial charge in [0.2, 0.25) is 0 Å². The van der Waals surface area contributed by atoms with Gasteiger partial charge in [-0.15, -0.1) is 0 Å². The first-order valence-corrected chi connectivity index (χ1v) is 13.7. The van der Waals surface area contributed by atoms with Crippen molar-refractivity contribution in [3.63, 3.8) is 0 Å². The number of halogens is 2. The number of hydrogen-bond donors (Lipinski definition) is 1. The smallest absolute Gasteiger partial charge is 0.328 e. The largest absolute Gasteiger partial charge is 0.480 e. The highest BCUT2D eigenvalue weighted by atomic mass is 35.5. The molecule has 0 amide bonds. The lowest BCUT2D eigenvalue weighted by Crippen LogP contribution is -2.52. The maximum absolute atomic E-state index is 14.0. The van der Waals surface area contributed by atoms with E-state index < -0.39 is 27.4 Å². The zero-order valence-electron chi connectivity index (χ0n) is 20.6. The molecule has 0 saturated carbocycles. The third-order valence-corrected chi connectivity index (χ3v) is 8.33. The van der Waals surface area contributed by atoms with Crippen molar-refractivity contribution in [1.29, 1.82) is 0 Å². The molecule has 1 N–H and O–H groups in total. The first-order chi connectivity index (χ1) is 17.9. The SMILES string of the molecule is CC(C)(C)C(C(=O)O)N(c1ccc2c(ccn2-c2cn3ccnc3cn2)c1)S(=O)(=O)c1cc(Cl)cc(Cl)c1. The average molecular weight is 572 g/mol. The van der Waals surface area contributed by atoms with Crippen LogP contribution in [0.5, 0.6) is 0 Å². The number of nitrogens with zero attached hydrogens (tertiary/aromatic N) is 5. The zero-order chi connectivity index (χ0) is 27.4. The van der Waals surface area contributed by atoms with Crippen LogP contribution in [0.4, 0.5) is 5.69 Å². The molecule has 196 valence electrons. The molecule has 0 aliphatic carbocycles. The highest BCUT2D eigenvalue weighted by Gasteiger charge is 2.43. The van der Waals surface area contributed by atoms with E-state index in [2.05, 4.69) is 9.97 Å². The lowest BCUT2D eigenvalue weighted by atomic mass is 9.86. The number of aliphatic carboxylic acids is 1. The number of carbonyl (C=O) groups is 1. The van der Waals surface area contributed by atoms with E-state index >= 15 is 0 Å². The molecule has 2 aromatic carbocycles. The summed E-state index contributed by atoms with van der Waals surface area (Å²) in [7, 11) is -4.40. The van der Waals surface area contributed by atoms with E-state index in [1.165, 1.54) is 18.2 Å². The van der Waals surface area contributed by atoms with E-state index in [1.54, 1.807) is 51.4 Å². The Morgan fingerprint density at radius 3 is 2.39 bits per heavy atom. The average Bonchev–Trinajstić information content (AvgIpc) is 3.46. The van der Waals surface area contributed by atoms with Crippen LogP contribution in [-0.2, 0) is 14.8 Å². The molecule has 0 spiro atoms. The molecule has 0 bridgehead atoms. The van der Waals surface area contributed by atoms with Gasteiger partial charge in [-0.25, -0.2) is 23.2 Å². The van der Waals surface area contributed by atoms with E-state index in [0.717, 1.165) is 9.82 Å². The van der Waals surface area contributed by atoms with E-state index in [4.69, 9.17) is 23.2 Å². The molecule has 0 radical (unpaired) electrons. The maximum atomic E-state index is 14.0. The van der Waals surface area contributed by atoms with Crippen LogP contribution >= 0.6 is 23.2 Å². The van der Waals surface area contributed by atoms with E-state index in [-0.39, 0.29) is 20.6 Å². The number of fused-ring (bicyclic) bond motifs is 2. The van der Waals surface area contributed by atoms with Gasteiger partial charge in [0.25, 0.3) is 10.0 Å². The van der Waals surface area contributed by atoms with Crippen molar-refractivity contribution in [3.8, 4) is 5.82 Å². The van der Waals surface area contributed by atoms with E-state index in [9.17, 15) is 18.3 Å². The number of anilines is 1. The normalized spacial score (nSPS) is 13.2. The van der Waals surface area contributed by atoms with Crippen molar-refractivity contribution in [3.05, 3.63) is 83.5 Å². The molecule has 12 heteroatoms. The molecule has 0 fully saturated rings. The van der Waals surface area contributed by atoms with Crippen LogP contribution in [0.15, 0.2) is 78.3 Å². The quantitative estimate of drug-likeness (QED) is 0.281. The number of benzene rings is 2. The Morgan fingerprint density at radius 2 is 1.74 bits per heavy atom. The topological polar surface area (TPSA) is 110 Å². The van der Waals surface area contributed by atoms with Gasteiger partial charge >= 0.3 is 5.97 Å². The van der Waals surface area contributed by atoms with Gasteiger partial charge in [0, 0.05) is 34.0 Å². The molecule has 5 rings (SSSR count). The maximum Gasteiger partial charge on any atom is 0.328 e. The van der Waals surface area contributed by atoms with Gasteiger partial charge in [0.15, 0.2) is 11.5 Å². The number of carboxylic acids is 1. The fraction of sp³-hybridized carbons (Fsp3) is 0.192. The highest BCUT2D eigenvalue weighted by Crippen LogP contribution is 2.37. The van der Waals surface area contributed by atoms with Crippen molar-refractivity contribution in [2.24, 2.45) is 5.41 Å². The summed E-state index contributed by atoms with van der Waals surface area (Å²) in [5.41, 5.74) is 0.682. The van der Waals surface area contributed by atoms with Gasteiger partial charge in [-0.2, -0.15) is 0 Å². The van der Waals surface area contributed by atoms with E-state index in [0.29, 0.717) is 16.9 Å². The number of sulfonamides is 1. The predicted molar refractivity (Wildman–Crippen MR) is 147 cm³/mol. The Labute approximate surface area is 228 Å². The summed E-state index contributed by atoms with van der Waals surface area (Å²) in [6, 6.07) is 9.26. The predicted octanol–water partition coefficient (Wildman–Crippen LogP) is 5.67. The fourth-order valence-corrected chi connectivity index (χ4v) is 6.96. The van der Waals surface area contributed by atoms with Crippen LogP contribution in [0.1, 0.15) is 20.8 Å². The van der Waals surface area contributed by atoms with Crippen molar-refractivity contribution in [2.75, 3.05) is 4.31 Å². The van der Waals surface area contributed by atoms with Crippen molar-refractivity contribution >= 4 is 61.4 Å². The molecule has 0 aliphatic rings. The van der Waals surface area contributed by atoms with Gasteiger partial charge in [-0.1, -0.05) is 44.0 Å². The Kier molecular flexibility index (Phi) is 6.37. The Bertz CT molecular complexity index is 1790. The van der Waals surface area contributed by atoms with Gasteiger partial charge in [0.05, 0.1) is 28.5 Å². The minimum absolute atomic E-state index is 0.119. The number of imidazole rings is 1. The van der Waals surface area contributed by atoms with Gasteiger partial charge in [0.1, 0.15) is 6.04 Å². The van der Waals surface area contributed by atoms with Crippen LogP contribution in [0.25, 0.3) is 22.4 Å². The molecular formula is C26H23Cl2N5O4S. The first kappa shape index (κ1) is 26.0. The molecule has 1 unspecified atom stereocenters. The van der Waals surface area contributed by atoms with E-state index in [1.807, 2.05) is 33.6 Å². The second-order valence-electron chi connectivity index (χ2n) is 9.88. The first-order valence-electron chi connectivity index (χ1n) is 11.5. The molecule has 3 heterocycles. The van der Waals surface area contributed by atoms with Crippen LogP contribution in [0.2, 0.25) is 10.0 Å². The van der Waals surface area contributed by atoms with Crippen molar-refractivity contribution in [2.45, 2.75) is 31.7 Å². The van der Waals surface area contributed by atoms with Crippen LogP contribution in [0.3, 0.4) is 0 Å². The lowest BCUT2D eigenvalue weighted by molar-refractivity contribution is -0.140. The highest BCUT2D eigenvalue weighted by molar-refractivity contribution is 7.93. The minimum Gasteiger partial charge on any atom is -0.480 e. The molecule has 9 nitrogen and oxygen atoms in total. The zero-order valence-corrected chi connectivity index (χ0v) is 22.9. The fourth-order valence-electron chi connectivity index (χ4n) is 4.45. The summed E-state index contributed by atoms with van der Waals surface area (Å²) in [5, 5.41) is 11.1. The summed E-state index contributed by atoms with van der Waals surface area (Å²) in [5.74, 6) is -0.654. The molecular weight excluding hydrogens is 549 g/mol. The Morgan fingerprint density at radius 1 is 1.03 bits per heavy atom. The second kappa shape index (κ2) is 9.30. The van der Waals surface area contributed by atoms with Crippen molar-refractivity contribution in [1.82, 2.24) is 18.9 Å². The summed E-state index contributed by atoms with van der Waals surface area (Å²) in [6.45, 7) is 5.02. The Hall–Kier alpha value is -3.60. The summed E-state index contributed by atoms with van der Waals surface area (Å²) in [4.78, 5) is 21.0. The molecule has 0 saturated heterocycles. The standard InChI is InChI=1S/C26H23Cl2N5O4S/c1-26(2,3)24(25(34)35)33(38(36,37)20-12-17(27)11-18(28)13-20)19-4-5-21-16(10-19)6-8-32(21)23-15-31-9-7-29-22(31)14-30-23/h4-15,24H,1-3H3,(H,34,35). The third-order valence-electron chi connectivity index (χ3n) is 6.12. The monoisotopic (exact) mass is 571 g/mol. The van der Waals surface area contributed by atoms with Crippen molar-refractivity contribution < 1.29 is 18.3 Å². The Balaban J connectivity index is 1.68. The number of hydrogen-bond acceptors (Lipinski definition) is 5. The lowest BCUT2D eigenvalue weighted by Gasteiger charge is -2.37. The minimum atomic E-state index is -4.40. The third kappa shape index (κ3) is 4.59. The van der Waals surface area contributed by atoms with Crippen LogP contribution < -0.4 is 4.31 Å². The molecule has 38 heavy (non-hydrogen) atoms. The summed E-state index contributed by atoms with van der Waals surface area (Å²) < 4.78 is 32.7. The molecule has 0 aliphatic heterocycles. The molecule has 5 aromatic rings. The molecule has 3 aromatic heterocycles. The summed E-state index contributed by atoms with van der Waals surface area (Å²) in [6.07, 6.45) is 8.79. The number of aromatic nitrogens is 4. The molecule has 1 atom stereocenters. The van der Waals surface area contributed by atoms with Gasteiger partial charge in [-0.3, -0.25) is 8.87 Å². The number of rotatable bonds is 6. The number of carboxylic acid groups (broad SMARTS) is 1. The van der Waals surface area contributed by atoms with Gasteiger partial charge in [-0.05, 0) is 47.9 Å². The summed E-state index contributed by atoms with van der Waals surface area (Å²) >= 11 is 12.2.